The van der Waals surface area contributed by atoms with Crippen LogP contribution in [0.1, 0.15) is 25.5 Å². The third-order valence-corrected chi connectivity index (χ3v) is 4.16. The van der Waals surface area contributed by atoms with E-state index in [1.807, 2.05) is 6.07 Å². The van der Waals surface area contributed by atoms with Gasteiger partial charge in [0.1, 0.15) is 5.65 Å². The first-order chi connectivity index (χ1) is 10.3. The highest BCUT2D eigenvalue weighted by atomic mass is 16.5. The van der Waals surface area contributed by atoms with Crippen molar-refractivity contribution in [3.8, 4) is 0 Å². The molecule has 0 amide bonds. The summed E-state index contributed by atoms with van der Waals surface area (Å²) >= 11 is 0. The van der Waals surface area contributed by atoms with E-state index in [9.17, 15) is 0 Å². The van der Waals surface area contributed by atoms with Gasteiger partial charge in [0.05, 0.1) is 11.8 Å². The molecule has 114 valence electrons. The van der Waals surface area contributed by atoms with Crippen LogP contribution >= 0.6 is 0 Å². The molecule has 3 heterocycles. The first-order valence-corrected chi connectivity index (χ1v) is 7.78. The number of anilines is 1. The van der Waals surface area contributed by atoms with Gasteiger partial charge in [0.15, 0.2) is 5.82 Å². The Balaban J connectivity index is 1.96. The topological polar surface area (TPSA) is 41.8 Å². The van der Waals surface area contributed by atoms with Gasteiger partial charge in [-0.3, -0.25) is 0 Å². The van der Waals surface area contributed by atoms with Crippen molar-refractivity contribution in [2.24, 2.45) is 0 Å². The summed E-state index contributed by atoms with van der Waals surface area (Å²) in [5.74, 6) is 1.10. The zero-order valence-electron chi connectivity index (χ0n) is 12.9. The molecule has 1 N–H and O–H groups in total. The highest BCUT2D eigenvalue weighted by Crippen LogP contribution is 2.25. The molecule has 0 saturated carbocycles. The van der Waals surface area contributed by atoms with Crippen LogP contribution in [0.5, 0.6) is 0 Å². The number of aromatic nitrogens is 2. The number of imidazole rings is 1. The second-order valence-corrected chi connectivity index (χ2v) is 5.54. The molecule has 0 bridgehead atoms. The van der Waals surface area contributed by atoms with Crippen LogP contribution in [0.4, 0.5) is 5.82 Å². The van der Waals surface area contributed by atoms with E-state index in [0.717, 1.165) is 50.5 Å². The minimum Gasteiger partial charge on any atom is -0.380 e. The Labute approximate surface area is 125 Å². The number of fused-ring (bicyclic) bond motifs is 1. The fourth-order valence-corrected chi connectivity index (χ4v) is 3.02. The second kappa shape index (κ2) is 6.45. The van der Waals surface area contributed by atoms with Crippen molar-refractivity contribution < 1.29 is 4.74 Å². The Hall–Kier alpha value is -1.59. The standard InChI is InChI=1S/C16H24N4O/c1-3-17-11-14-16(18-15-8-4-5-10-20(14)15)19-9-6-7-13(12-19)21-2/h4-5,8,10,13,17H,3,6-7,9,11-12H2,1-2H3. The summed E-state index contributed by atoms with van der Waals surface area (Å²) in [5.41, 5.74) is 2.25. The molecule has 1 aliphatic rings. The van der Waals surface area contributed by atoms with Gasteiger partial charge in [-0.2, -0.15) is 0 Å². The molecule has 21 heavy (non-hydrogen) atoms. The van der Waals surface area contributed by atoms with E-state index in [4.69, 9.17) is 9.72 Å². The van der Waals surface area contributed by atoms with Crippen LogP contribution in [0.3, 0.4) is 0 Å². The van der Waals surface area contributed by atoms with Crippen LogP contribution in [0, 0.1) is 0 Å². The summed E-state index contributed by atoms with van der Waals surface area (Å²) in [4.78, 5) is 7.22. The van der Waals surface area contributed by atoms with E-state index < -0.39 is 0 Å². The smallest absolute Gasteiger partial charge is 0.152 e. The number of ether oxygens (including phenoxy) is 1. The Bertz CT molecular complexity index is 595. The SMILES string of the molecule is CCNCc1c(N2CCCC(OC)C2)nc2ccccn12. The maximum atomic E-state index is 5.55. The zero-order chi connectivity index (χ0) is 14.7. The van der Waals surface area contributed by atoms with Crippen molar-refractivity contribution in [2.45, 2.75) is 32.4 Å². The Morgan fingerprint density at radius 3 is 3.14 bits per heavy atom. The molecule has 1 atom stereocenters. The van der Waals surface area contributed by atoms with Gasteiger partial charge in [0.25, 0.3) is 0 Å². The van der Waals surface area contributed by atoms with E-state index in [0.29, 0.717) is 6.10 Å². The average molecular weight is 288 g/mol. The van der Waals surface area contributed by atoms with E-state index in [1.54, 1.807) is 7.11 Å². The van der Waals surface area contributed by atoms with Crippen LogP contribution in [0.2, 0.25) is 0 Å². The second-order valence-electron chi connectivity index (χ2n) is 5.54. The number of hydrogen-bond acceptors (Lipinski definition) is 4. The molecular formula is C16H24N4O. The molecule has 0 aromatic carbocycles. The molecular weight excluding hydrogens is 264 g/mol. The van der Waals surface area contributed by atoms with Crippen molar-refractivity contribution in [2.75, 3.05) is 31.6 Å². The molecule has 5 nitrogen and oxygen atoms in total. The van der Waals surface area contributed by atoms with Gasteiger partial charge in [0, 0.05) is 32.9 Å². The molecule has 0 radical (unpaired) electrons. The molecule has 1 fully saturated rings. The normalized spacial score (nSPS) is 19.3. The maximum absolute atomic E-state index is 5.55. The summed E-state index contributed by atoms with van der Waals surface area (Å²) in [7, 11) is 1.80. The molecule has 1 unspecified atom stereocenters. The number of nitrogens with zero attached hydrogens (tertiary/aromatic N) is 3. The lowest BCUT2D eigenvalue weighted by Crippen LogP contribution is -2.40. The van der Waals surface area contributed by atoms with Crippen LogP contribution in [0.15, 0.2) is 24.4 Å². The van der Waals surface area contributed by atoms with Gasteiger partial charge >= 0.3 is 0 Å². The Morgan fingerprint density at radius 2 is 2.33 bits per heavy atom. The monoisotopic (exact) mass is 288 g/mol. The van der Waals surface area contributed by atoms with Crippen molar-refractivity contribution >= 4 is 11.5 Å². The van der Waals surface area contributed by atoms with Crippen LogP contribution in [-0.2, 0) is 11.3 Å². The summed E-state index contributed by atoms with van der Waals surface area (Å²) in [6.45, 7) is 5.92. The number of hydrogen-bond donors (Lipinski definition) is 1. The van der Waals surface area contributed by atoms with E-state index in [1.165, 1.54) is 5.69 Å². The molecule has 1 aliphatic heterocycles. The molecule has 2 aromatic heterocycles. The average Bonchev–Trinajstić information content (AvgIpc) is 2.91. The van der Waals surface area contributed by atoms with Gasteiger partial charge in [-0.05, 0) is 31.5 Å². The minimum atomic E-state index is 0.315. The van der Waals surface area contributed by atoms with Gasteiger partial charge in [-0.1, -0.05) is 13.0 Å². The molecule has 0 aliphatic carbocycles. The Kier molecular flexibility index (Phi) is 4.41. The number of rotatable bonds is 5. The maximum Gasteiger partial charge on any atom is 0.152 e. The summed E-state index contributed by atoms with van der Waals surface area (Å²) in [6, 6.07) is 6.16. The molecule has 1 saturated heterocycles. The van der Waals surface area contributed by atoms with Crippen molar-refractivity contribution in [3.63, 3.8) is 0 Å². The van der Waals surface area contributed by atoms with Crippen molar-refractivity contribution in [1.82, 2.24) is 14.7 Å². The van der Waals surface area contributed by atoms with E-state index in [-0.39, 0.29) is 0 Å². The first-order valence-electron chi connectivity index (χ1n) is 7.78. The minimum absolute atomic E-state index is 0.315. The lowest BCUT2D eigenvalue weighted by molar-refractivity contribution is 0.0891. The fourth-order valence-electron chi connectivity index (χ4n) is 3.02. The first kappa shape index (κ1) is 14.4. The quantitative estimate of drug-likeness (QED) is 0.914. The number of pyridine rings is 1. The number of methoxy groups -OCH3 is 1. The van der Waals surface area contributed by atoms with Crippen LogP contribution < -0.4 is 10.2 Å². The lowest BCUT2D eigenvalue weighted by Gasteiger charge is -2.32. The van der Waals surface area contributed by atoms with Gasteiger partial charge < -0.3 is 19.4 Å². The van der Waals surface area contributed by atoms with Crippen molar-refractivity contribution in [3.05, 3.63) is 30.1 Å². The highest BCUT2D eigenvalue weighted by molar-refractivity contribution is 5.56. The molecule has 5 heteroatoms. The zero-order valence-corrected chi connectivity index (χ0v) is 12.9. The molecule has 2 aromatic rings. The molecule has 0 spiro atoms. The predicted molar refractivity (Wildman–Crippen MR) is 84.8 cm³/mol. The van der Waals surface area contributed by atoms with Crippen LogP contribution in [0.25, 0.3) is 5.65 Å². The number of piperidine rings is 1. The predicted octanol–water partition coefficient (Wildman–Crippen LogP) is 2.06. The third-order valence-electron chi connectivity index (χ3n) is 4.16. The summed E-state index contributed by atoms with van der Waals surface area (Å²) < 4.78 is 7.73. The van der Waals surface area contributed by atoms with Crippen LogP contribution in [-0.4, -0.2) is 42.2 Å². The van der Waals surface area contributed by atoms with E-state index >= 15 is 0 Å². The fraction of sp³-hybridized carbons (Fsp3) is 0.562. The highest BCUT2D eigenvalue weighted by Gasteiger charge is 2.24. The van der Waals surface area contributed by atoms with Gasteiger partial charge in [-0.15, -0.1) is 0 Å². The van der Waals surface area contributed by atoms with Gasteiger partial charge in [-0.25, -0.2) is 4.98 Å². The van der Waals surface area contributed by atoms with E-state index in [2.05, 4.69) is 39.9 Å². The summed E-state index contributed by atoms with van der Waals surface area (Å²) in [6.07, 6.45) is 4.71. The third kappa shape index (κ3) is 2.89. The number of nitrogens with one attached hydrogen (secondary N) is 1. The Morgan fingerprint density at radius 1 is 1.43 bits per heavy atom. The van der Waals surface area contributed by atoms with Gasteiger partial charge in [0.2, 0.25) is 0 Å². The molecule has 3 rings (SSSR count). The largest absolute Gasteiger partial charge is 0.380 e. The summed E-state index contributed by atoms with van der Waals surface area (Å²) in [5, 5.41) is 3.43. The van der Waals surface area contributed by atoms with Crippen molar-refractivity contribution in [1.29, 1.82) is 0 Å². The lowest BCUT2D eigenvalue weighted by atomic mass is 10.1.